The van der Waals surface area contributed by atoms with Gasteiger partial charge in [-0.15, -0.1) is 0 Å². The van der Waals surface area contributed by atoms with Crippen molar-refractivity contribution in [2.24, 2.45) is 0 Å². The fourth-order valence-electron chi connectivity index (χ4n) is 4.24. The molecule has 2 aromatic carbocycles. The first-order chi connectivity index (χ1) is 14.0. The molecule has 0 aliphatic carbocycles. The number of carbonyl (C=O) groups excluding carboxylic acids is 3. The van der Waals surface area contributed by atoms with Gasteiger partial charge in [0.15, 0.2) is 0 Å². The van der Waals surface area contributed by atoms with E-state index in [-0.39, 0.29) is 36.3 Å². The third-order valence-corrected chi connectivity index (χ3v) is 5.74. The van der Waals surface area contributed by atoms with E-state index in [1.165, 1.54) is 0 Å². The lowest BCUT2D eigenvalue weighted by Crippen LogP contribution is -2.48. The topological polar surface area (TPSA) is 75.7 Å². The highest BCUT2D eigenvalue weighted by molar-refractivity contribution is 6.01. The molecule has 2 aromatic rings. The predicted octanol–water partition coefficient (Wildman–Crippen LogP) is 2.93. The van der Waals surface area contributed by atoms with Crippen LogP contribution in [0.4, 0.5) is 5.69 Å². The van der Waals surface area contributed by atoms with Gasteiger partial charge in [0.05, 0.1) is 18.6 Å². The maximum Gasteiger partial charge on any atom is 0.253 e. The molecule has 29 heavy (non-hydrogen) atoms. The molecule has 0 aromatic heterocycles. The van der Waals surface area contributed by atoms with Crippen LogP contribution in [0.3, 0.4) is 0 Å². The normalized spacial score (nSPS) is 22.6. The van der Waals surface area contributed by atoms with Crippen LogP contribution in [0.15, 0.2) is 42.5 Å². The van der Waals surface area contributed by atoms with Crippen LogP contribution in [0.1, 0.15) is 36.8 Å². The molecule has 0 radical (unpaired) electrons. The van der Waals surface area contributed by atoms with Crippen molar-refractivity contribution in [3.05, 3.63) is 53.6 Å². The highest BCUT2D eigenvalue weighted by Gasteiger charge is 2.30. The fourth-order valence-corrected chi connectivity index (χ4v) is 4.24. The van der Waals surface area contributed by atoms with Gasteiger partial charge in [-0.1, -0.05) is 30.3 Å². The number of morpholine rings is 1. The third kappa shape index (κ3) is 3.68. The van der Waals surface area contributed by atoms with Gasteiger partial charge in [-0.3, -0.25) is 19.7 Å². The minimum absolute atomic E-state index is 0.000289. The van der Waals surface area contributed by atoms with Gasteiger partial charge >= 0.3 is 0 Å². The Bertz CT molecular complexity index is 967. The Morgan fingerprint density at radius 3 is 2.52 bits per heavy atom. The number of hydrogen-bond donors (Lipinski definition) is 1. The van der Waals surface area contributed by atoms with E-state index in [0.717, 1.165) is 27.9 Å². The molecule has 1 unspecified atom stereocenters. The summed E-state index contributed by atoms with van der Waals surface area (Å²) in [7, 11) is 0. The zero-order valence-electron chi connectivity index (χ0n) is 16.6. The van der Waals surface area contributed by atoms with E-state index in [1.807, 2.05) is 56.3 Å². The average Bonchev–Trinajstić information content (AvgIpc) is 2.69. The number of carbonyl (C=O) groups is 3. The first kappa shape index (κ1) is 19.3. The molecule has 1 N–H and O–H groups in total. The molecule has 3 amide bonds. The van der Waals surface area contributed by atoms with Crippen LogP contribution < -0.4 is 10.2 Å². The number of piperidine rings is 1. The number of amides is 3. The Morgan fingerprint density at radius 2 is 1.83 bits per heavy atom. The van der Waals surface area contributed by atoms with Crippen molar-refractivity contribution in [1.82, 2.24) is 5.32 Å². The standard InChI is InChI=1S/C23H24N2O4/c1-14-12-29-13-22(27)25(14)17-8-6-16(7-9-17)18-4-3-5-19(15(18)2)20-10-11-21(26)24-23(20)28/h3-9,14,20H,10-13H2,1-2H3,(H,24,26,28)/t14-,20?/m1/s1. The second-order valence-electron chi connectivity index (χ2n) is 7.70. The van der Waals surface area contributed by atoms with E-state index in [1.54, 1.807) is 4.90 Å². The Kier molecular flexibility index (Phi) is 5.20. The lowest BCUT2D eigenvalue weighted by molar-refractivity contribution is -0.134. The summed E-state index contributed by atoms with van der Waals surface area (Å²) in [5.41, 5.74) is 4.90. The minimum Gasteiger partial charge on any atom is -0.369 e. The molecule has 6 nitrogen and oxygen atoms in total. The molecule has 0 bridgehead atoms. The van der Waals surface area contributed by atoms with Gasteiger partial charge in [0.25, 0.3) is 5.91 Å². The van der Waals surface area contributed by atoms with Crippen LogP contribution in [0.25, 0.3) is 11.1 Å². The van der Waals surface area contributed by atoms with Crippen LogP contribution in [-0.2, 0) is 19.1 Å². The number of imide groups is 1. The van der Waals surface area contributed by atoms with Crippen molar-refractivity contribution >= 4 is 23.4 Å². The molecular formula is C23H24N2O4. The highest BCUT2D eigenvalue weighted by atomic mass is 16.5. The molecule has 2 aliphatic heterocycles. The summed E-state index contributed by atoms with van der Waals surface area (Å²) in [4.78, 5) is 37.8. The van der Waals surface area contributed by atoms with Gasteiger partial charge in [0.1, 0.15) is 6.61 Å². The molecule has 2 heterocycles. The van der Waals surface area contributed by atoms with Crippen LogP contribution in [-0.4, -0.2) is 37.0 Å². The molecule has 2 atom stereocenters. The van der Waals surface area contributed by atoms with E-state index in [4.69, 9.17) is 4.74 Å². The SMILES string of the molecule is Cc1c(-c2ccc(N3C(=O)COC[C@H]3C)cc2)cccc1C1CCC(=O)NC1=O. The van der Waals surface area contributed by atoms with Crippen molar-refractivity contribution in [2.75, 3.05) is 18.1 Å². The molecular weight excluding hydrogens is 368 g/mol. The van der Waals surface area contributed by atoms with Gasteiger partial charge in [0, 0.05) is 12.1 Å². The van der Waals surface area contributed by atoms with Gasteiger partial charge in [-0.25, -0.2) is 0 Å². The van der Waals surface area contributed by atoms with E-state index in [2.05, 4.69) is 5.32 Å². The molecule has 0 spiro atoms. The van der Waals surface area contributed by atoms with E-state index in [0.29, 0.717) is 19.4 Å². The number of ether oxygens (including phenoxy) is 1. The van der Waals surface area contributed by atoms with Crippen LogP contribution >= 0.6 is 0 Å². The van der Waals surface area contributed by atoms with Crippen molar-refractivity contribution in [1.29, 1.82) is 0 Å². The Hall–Kier alpha value is -2.99. The summed E-state index contributed by atoms with van der Waals surface area (Å²) >= 11 is 0. The lowest BCUT2D eigenvalue weighted by Gasteiger charge is -2.33. The summed E-state index contributed by atoms with van der Waals surface area (Å²) in [6.45, 7) is 4.62. The third-order valence-electron chi connectivity index (χ3n) is 5.74. The summed E-state index contributed by atoms with van der Waals surface area (Å²) in [6, 6.07) is 13.8. The zero-order valence-corrected chi connectivity index (χ0v) is 16.6. The monoisotopic (exact) mass is 392 g/mol. The van der Waals surface area contributed by atoms with Crippen LogP contribution in [0.2, 0.25) is 0 Å². The number of hydrogen-bond acceptors (Lipinski definition) is 4. The lowest BCUT2D eigenvalue weighted by atomic mass is 9.85. The highest BCUT2D eigenvalue weighted by Crippen LogP contribution is 2.34. The van der Waals surface area contributed by atoms with Crippen molar-refractivity contribution in [3.8, 4) is 11.1 Å². The quantitative estimate of drug-likeness (QED) is 0.815. The number of anilines is 1. The molecule has 150 valence electrons. The predicted molar refractivity (Wildman–Crippen MR) is 110 cm³/mol. The maximum absolute atomic E-state index is 12.3. The number of nitrogens with zero attached hydrogens (tertiary/aromatic N) is 1. The first-order valence-electron chi connectivity index (χ1n) is 9.89. The van der Waals surface area contributed by atoms with Gasteiger partial charge in [0.2, 0.25) is 11.8 Å². The summed E-state index contributed by atoms with van der Waals surface area (Å²) in [6.07, 6.45) is 0.894. The van der Waals surface area contributed by atoms with E-state index >= 15 is 0 Å². The summed E-state index contributed by atoms with van der Waals surface area (Å²) in [5.74, 6) is -0.773. The smallest absolute Gasteiger partial charge is 0.253 e. The Morgan fingerprint density at radius 1 is 1.07 bits per heavy atom. The van der Waals surface area contributed by atoms with Crippen molar-refractivity contribution in [3.63, 3.8) is 0 Å². The second-order valence-corrected chi connectivity index (χ2v) is 7.70. The van der Waals surface area contributed by atoms with E-state index < -0.39 is 0 Å². The molecule has 2 aliphatic rings. The molecule has 0 saturated carbocycles. The average molecular weight is 392 g/mol. The Labute approximate surface area is 169 Å². The largest absolute Gasteiger partial charge is 0.369 e. The zero-order chi connectivity index (χ0) is 20.5. The molecule has 6 heteroatoms. The molecule has 4 rings (SSSR count). The van der Waals surface area contributed by atoms with Crippen LogP contribution in [0.5, 0.6) is 0 Å². The van der Waals surface area contributed by atoms with E-state index in [9.17, 15) is 14.4 Å². The summed E-state index contributed by atoms with van der Waals surface area (Å²) < 4.78 is 5.30. The summed E-state index contributed by atoms with van der Waals surface area (Å²) in [5, 5.41) is 2.44. The number of benzene rings is 2. The van der Waals surface area contributed by atoms with Gasteiger partial charge < -0.3 is 9.64 Å². The second kappa shape index (κ2) is 7.79. The van der Waals surface area contributed by atoms with Gasteiger partial charge in [-0.05, 0) is 54.7 Å². The molecule has 2 fully saturated rings. The molecule has 2 saturated heterocycles. The van der Waals surface area contributed by atoms with Crippen LogP contribution in [0, 0.1) is 6.92 Å². The van der Waals surface area contributed by atoms with Gasteiger partial charge in [-0.2, -0.15) is 0 Å². The fraction of sp³-hybridized carbons (Fsp3) is 0.348. The minimum atomic E-state index is -0.307. The number of rotatable bonds is 3. The first-order valence-corrected chi connectivity index (χ1v) is 9.89. The van der Waals surface area contributed by atoms with Crippen molar-refractivity contribution in [2.45, 2.75) is 38.6 Å². The maximum atomic E-state index is 12.3. The van der Waals surface area contributed by atoms with Crippen molar-refractivity contribution < 1.29 is 19.1 Å². The Balaban J connectivity index is 1.63. The number of nitrogens with one attached hydrogen (secondary N) is 1.